The Hall–Kier alpha value is -2.62. The molecule has 0 aromatic heterocycles. The SMILES string of the molecule is CCOc1ccccc1C(=O)N[C@H](C(=O)OCC(=O)NC1CCS(=O)(=O)C1)C(C)C. The molecule has 1 aliphatic heterocycles. The standard InChI is InChI=1S/C20H28N2O7S/c1-4-28-16-8-6-5-7-15(16)19(24)22-18(13(2)3)20(25)29-11-17(23)21-14-9-10-30(26,27)12-14/h5-8,13-14,18H,4,9-12H2,1-3H3,(H,21,23)(H,22,24)/t14?,18-/m0/s1. The minimum atomic E-state index is -3.12. The molecule has 0 aliphatic carbocycles. The molecule has 0 bridgehead atoms. The lowest BCUT2D eigenvalue weighted by Gasteiger charge is -2.21. The Bertz CT molecular complexity index is 883. The Kier molecular flexibility index (Phi) is 8.22. The molecule has 9 nitrogen and oxygen atoms in total. The van der Waals surface area contributed by atoms with E-state index in [1.54, 1.807) is 45.0 Å². The van der Waals surface area contributed by atoms with E-state index in [4.69, 9.17) is 9.47 Å². The smallest absolute Gasteiger partial charge is 0.329 e. The van der Waals surface area contributed by atoms with Gasteiger partial charge in [-0.2, -0.15) is 0 Å². The molecule has 1 aliphatic rings. The molecule has 0 saturated carbocycles. The quantitative estimate of drug-likeness (QED) is 0.541. The lowest BCUT2D eigenvalue weighted by atomic mass is 10.0. The van der Waals surface area contributed by atoms with Crippen molar-refractivity contribution < 1.29 is 32.3 Å². The van der Waals surface area contributed by atoms with E-state index in [0.29, 0.717) is 18.8 Å². The largest absolute Gasteiger partial charge is 0.493 e. The normalized spacial score (nSPS) is 18.5. The Morgan fingerprint density at radius 1 is 1.20 bits per heavy atom. The number of carbonyl (C=O) groups is 3. The van der Waals surface area contributed by atoms with Gasteiger partial charge in [0.2, 0.25) is 0 Å². The second-order valence-electron chi connectivity index (χ2n) is 7.40. The fourth-order valence-corrected chi connectivity index (χ4v) is 4.73. The molecule has 1 aromatic rings. The van der Waals surface area contributed by atoms with Gasteiger partial charge in [-0.25, -0.2) is 13.2 Å². The Balaban J connectivity index is 1.93. The third kappa shape index (κ3) is 6.72. The van der Waals surface area contributed by atoms with Crippen LogP contribution in [-0.4, -0.2) is 63.0 Å². The number of hydrogen-bond acceptors (Lipinski definition) is 7. The van der Waals surface area contributed by atoms with Gasteiger partial charge in [0.25, 0.3) is 11.8 Å². The number of benzene rings is 1. The summed E-state index contributed by atoms with van der Waals surface area (Å²) >= 11 is 0. The van der Waals surface area contributed by atoms with E-state index in [0.717, 1.165) is 0 Å². The molecule has 1 heterocycles. The Morgan fingerprint density at radius 2 is 1.90 bits per heavy atom. The minimum absolute atomic E-state index is 0.0302. The first-order chi connectivity index (χ1) is 14.1. The summed E-state index contributed by atoms with van der Waals surface area (Å²) in [4.78, 5) is 37.1. The molecule has 1 saturated heterocycles. The van der Waals surface area contributed by atoms with Crippen molar-refractivity contribution in [3.8, 4) is 5.75 Å². The molecule has 1 aromatic carbocycles. The van der Waals surface area contributed by atoms with Crippen molar-refractivity contribution in [1.82, 2.24) is 10.6 Å². The van der Waals surface area contributed by atoms with Crippen LogP contribution in [0.25, 0.3) is 0 Å². The van der Waals surface area contributed by atoms with E-state index in [1.807, 2.05) is 0 Å². The van der Waals surface area contributed by atoms with Crippen molar-refractivity contribution in [2.75, 3.05) is 24.7 Å². The van der Waals surface area contributed by atoms with Gasteiger partial charge in [0.1, 0.15) is 11.8 Å². The van der Waals surface area contributed by atoms with Crippen LogP contribution in [0.5, 0.6) is 5.75 Å². The number of esters is 1. The summed E-state index contributed by atoms with van der Waals surface area (Å²) in [7, 11) is -3.12. The van der Waals surface area contributed by atoms with Gasteiger partial charge in [0, 0.05) is 6.04 Å². The fraction of sp³-hybridized carbons (Fsp3) is 0.550. The van der Waals surface area contributed by atoms with Crippen LogP contribution in [0.4, 0.5) is 0 Å². The van der Waals surface area contributed by atoms with Crippen LogP contribution in [-0.2, 0) is 24.2 Å². The van der Waals surface area contributed by atoms with E-state index in [9.17, 15) is 22.8 Å². The maximum absolute atomic E-state index is 12.7. The van der Waals surface area contributed by atoms with Crippen LogP contribution < -0.4 is 15.4 Å². The molecule has 0 radical (unpaired) electrons. The Labute approximate surface area is 176 Å². The molecular weight excluding hydrogens is 412 g/mol. The van der Waals surface area contributed by atoms with Crippen LogP contribution in [0.1, 0.15) is 37.6 Å². The lowest BCUT2D eigenvalue weighted by molar-refractivity contribution is -0.151. The second kappa shape index (κ2) is 10.4. The number of ether oxygens (including phenoxy) is 2. The molecule has 0 spiro atoms. The summed E-state index contributed by atoms with van der Waals surface area (Å²) in [6, 6.07) is 5.24. The molecule has 2 N–H and O–H groups in total. The zero-order valence-electron chi connectivity index (χ0n) is 17.3. The highest BCUT2D eigenvalue weighted by atomic mass is 32.2. The van der Waals surface area contributed by atoms with Crippen molar-refractivity contribution in [2.24, 2.45) is 5.92 Å². The predicted molar refractivity (Wildman–Crippen MR) is 110 cm³/mol. The van der Waals surface area contributed by atoms with Crippen LogP contribution in [0, 0.1) is 5.92 Å². The van der Waals surface area contributed by atoms with E-state index in [2.05, 4.69) is 10.6 Å². The first kappa shape index (κ1) is 23.7. The number of sulfone groups is 1. The van der Waals surface area contributed by atoms with Gasteiger partial charge in [-0.3, -0.25) is 9.59 Å². The van der Waals surface area contributed by atoms with Crippen LogP contribution in [0.15, 0.2) is 24.3 Å². The van der Waals surface area contributed by atoms with Crippen molar-refractivity contribution >= 4 is 27.6 Å². The Morgan fingerprint density at radius 3 is 2.50 bits per heavy atom. The highest BCUT2D eigenvalue weighted by Gasteiger charge is 2.30. The first-order valence-corrected chi connectivity index (χ1v) is 11.6. The van der Waals surface area contributed by atoms with Crippen LogP contribution in [0.2, 0.25) is 0 Å². The van der Waals surface area contributed by atoms with Crippen LogP contribution >= 0.6 is 0 Å². The average molecular weight is 441 g/mol. The maximum Gasteiger partial charge on any atom is 0.329 e. The van der Waals surface area contributed by atoms with E-state index in [1.165, 1.54) is 0 Å². The number of hydrogen-bond donors (Lipinski definition) is 2. The number of amides is 2. The van der Waals surface area contributed by atoms with Crippen molar-refractivity contribution in [3.05, 3.63) is 29.8 Å². The molecule has 1 fully saturated rings. The second-order valence-corrected chi connectivity index (χ2v) is 9.63. The lowest BCUT2D eigenvalue weighted by Crippen LogP contribution is -2.46. The molecule has 30 heavy (non-hydrogen) atoms. The summed E-state index contributed by atoms with van der Waals surface area (Å²) in [5.74, 6) is -1.79. The van der Waals surface area contributed by atoms with Gasteiger partial charge in [0.15, 0.2) is 16.4 Å². The number of nitrogens with one attached hydrogen (secondary N) is 2. The van der Waals surface area contributed by atoms with E-state index in [-0.39, 0.29) is 23.0 Å². The molecule has 2 amide bonds. The first-order valence-electron chi connectivity index (χ1n) is 9.82. The summed E-state index contributed by atoms with van der Waals surface area (Å²) < 4.78 is 33.4. The van der Waals surface area contributed by atoms with Gasteiger partial charge < -0.3 is 20.1 Å². The highest BCUT2D eigenvalue weighted by Crippen LogP contribution is 2.18. The summed E-state index contributed by atoms with van der Waals surface area (Å²) in [5.41, 5.74) is 0.290. The van der Waals surface area contributed by atoms with Gasteiger partial charge in [-0.05, 0) is 31.4 Å². The third-order valence-corrected chi connectivity index (χ3v) is 6.35. The molecule has 2 rings (SSSR count). The van der Waals surface area contributed by atoms with Gasteiger partial charge in [-0.1, -0.05) is 26.0 Å². The number of para-hydroxylation sites is 1. The monoisotopic (exact) mass is 440 g/mol. The molecule has 1 unspecified atom stereocenters. The van der Waals surface area contributed by atoms with Crippen molar-refractivity contribution in [3.63, 3.8) is 0 Å². The zero-order valence-corrected chi connectivity index (χ0v) is 18.2. The van der Waals surface area contributed by atoms with Crippen LogP contribution in [0.3, 0.4) is 0 Å². The molecule has 166 valence electrons. The number of rotatable bonds is 9. The molecule has 2 atom stereocenters. The van der Waals surface area contributed by atoms with Gasteiger partial charge >= 0.3 is 5.97 Å². The van der Waals surface area contributed by atoms with Gasteiger partial charge in [0.05, 0.1) is 23.7 Å². The van der Waals surface area contributed by atoms with Gasteiger partial charge in [-0.15, -0.1) is 0 Å². The fourth-order valence-electron chi connectivity index (χ4n) is 3.06. The topological polar surface area (TPSA) is 128 Å². The van der Waals surface area contributed by atoms with Crippen molar-refractivity contribution in [1.29, 1.82) is 0 Å². The predicted octanol–water partition coefficient (Wildman–Crippen LogP) is 0.686. The maximum atomic E-state index is 12.7. The summed E-state index contributed by atoms with van der Waals surface area (Å²) in [5, 5.41) is 5.18. The van der Waals surface area contributed by atoms with E-state index >= 15 is 0 Å². The van der Waals surface area contributed by atoms with Crippen molar-refractivity contribution in [2.45, 2.75) is 39.3 Å². The van der Waals surface area contributed by atoms with E-state index < -0.39 is 46.3 Å². The highest BCUT2D eigenvalue weighted by molar-refractivity contribution is 7.91. The molecular formula is C20H28N2O7S. The summed E-state index contributed by atoms with van der Waals surface area (Å²) in [6.45, 7) is 5.12. The average Bonchev–Trinajstić information content (AvgIpc) is 3.02. The zero-order chi connectivity index (χ0) is 22.3. The third-order valence-electron chi connectivity index (χ3n) is 4.58. The summed E-state index contributed by atoms with van der Waals surface area (Å²) in [6.07, 6.45) is 0.339. The molecule has 10 heteroatoms. The number of carbonyl (C=O) groups excluding carboxylic acids is 3. The minimum Gasteiger partial charge on any atom is -0.493 e.